The zero-order chi connectivity index (χ0) is 18.7. The number of amides is 3. The van der Waals surface area contributed by atoms with E-state index in [1.54, 1.807) is 0 Å². The van der Waals surface area contributed by atoms with Crippen LogP contribution in [0, 0.1) is 5.92 Å². The molecule has 0 spiro atoms. The van der Waals surface area contributed by atoms with Crippen molar-refractivity contribution in [2.75, 3.05) is 25.4 Å². The van der Waals surface area contributed by atoms with Crippen LogP contribution in [0.3, 0.4) is 0 Å². The minimum atomic E-state index is -0.492. The summed E-state index contributed by atoms with van der Waals surface area (Å²) in [6.45, 7) is 2.08. The van der Waals surface area contributed by atoms with Gasteiger partial charge < -0.3 is 10.1 Å². The molecule has 1 aromatic heterocycles. The van der Waals surface area contributed by atoms with Gasteiger partial charge in [0.2, 0.25) is 5.91 Å². The molecule has 1 fully saturated rings. The normalized spacial score (nSPS) is 19.4. The molecule has 0 bridgehead atoms. The topological polar surface area (TPSA) is 92.8 Å². The van der Waals surface area contributed by atoms with Gasteiger partial charge in [-0.2, -0.15) is 0 Å². The Labute approximate surface area is 159 Å². The molecule has 3 amide bonds. The zero-order valence-electron chi connectivity index (χ0n) is 14.4. The number of fused-ring (bicyclic) bond motifs is 1. The van der Waals surface area contributed by atoms with Crippen LogP contribution in [0.15, 0.2) is 6.07 Å². The molecule has 1 saturated heterocycles. The molecule has 0 unspecified atom stereocenters. The average Bonchev–Trinajstić information content (AvgIpc) is 3.17. The van der Waals surface area contributed by atoms with Crippen LogP contribution in [0.5, 0.6) is 0 Å². The number of imide groups is 1. The number of hydrogen-bond acceptors (Lipinski definition) is 7. The van der Waals surface area contributed by atoms with Crippen molar-refractivity contribution in [3.63, 3.8) is 0 Å². The third-order valence-electron chi connectivity index (χ3n) is 4.36. The van der Waals surface area contributed by atoms with E-state index in [9.17, 15) is 19.2 Å². The molecule has 3 rings (SSSR count). The molecule has 7 nitrogen and oxygen atoms in total. The molecule has 1 aromatic rings. The number of nitrogens with zero attached hydrogens (tertiary/aromatic N) is 1. The van der Waals surface area contributed by atoms with Crippen LogP contribution in [-0.2, 0) is 27.2 Å². The Bertz CT molecular complexity index is 730. The molecule has 1 atom stereocenters. The van der Waals surface area contributed by atoms with Gasteiger partial charge >= 0.3 is 5.97 Å². The van der Waals surface area contributed by atoms with Crippen molar-refractivity contribution in [3.8, 4) is 0 Å². The monoisotopic (exact) mass is 396 g/mol. The van der Waals surface area contributed by atoms with E-state index in [1.165, 1.54) is 21.8 Å². The summed E-state index contributed by atoms with van der Waals surface area (Å²) in [4.78, 5) is 49.6. The second kappa shape index (κ2) is 8.22. The molecule has 1 aliphatic carbocycles. The highest BCUT2D eigenvalue weighted by Crippen LogP contribution is 2.32. The van der Waals surface area contributed by atoms with Gasteiger partial charge in [-0.05, 0) is 36.8 Å². The van der Waals surface area contributed by atoms with Gasteiger partial charge in [-0.25, -0.2) is 4.79 Å². The number of nitrogens with one attached hydrogen (secondary N) is 1. The lowest BCUT2D eigenvalue weighted by Crippen LogP contribution is -2.38. The molecule has 1 N–H and O–H groups in total. The summed E-state index contributed by atoms with van der Waals surface area (Å²) in [5, 5.41) is 2.24. The smallest absolute Gasteiger partial charge is 0.348 e. The van der Waals surface area contributed by atoms with E-state index in [4.69, 9.17) is 4.74 Å². The summed E-state index contributed by atoms with van der Waals surface area (Å²) >= 11 is 2.39. The van der Waals surface area contributed by atoms with E-state index < -0.39 is 11.9 Å². The standard InChI is InChI=1S/C17H20N2O5S2/c1-10-2-3-12-11(6-10)7-13(26-12)16(22)24-8-14(20)18-4-5-19-15(21)9-25-17(19)23/h7,10H,2-6,8-9H2,1H3,(H,18,20)/t10-/m1/s1. The highest BCUT2D eigenvalue weighted by Gasteiger charge is 2.29. The molecule has 0 radical (unpaired) electrons. The number of thiophene rings is 1. The van der Waals surface area contributed by atoms with Crippen LogP contribution >= 0.6 is 23.1 Å². The SMILES string of the molecule is C[C@@H]1CCc2sc(C(=O)OCC(=O)NCCN3C(=O)CSC3=O)cc2C1. The number of thioether (sulfide) groups is 1. The minimum Gasteiger partial charge on any atom is -0.451 e. The van der Waals surface area contributed by atoms with Gasteiger partial charge in [0.05, 0.1) is 5.75 Å². The second-order valence-electron chi connectivity index (χ2n) is 6.43. The van der Waals surface area contributed by atoms with Crippen molar-refractivity contribution in [1.29, 1.82) is 0 Å². The number of ether oxygens (including phenoxy) is 1. The predicted octanol–water partition coefficient (Wildman–Crippen LogP) is 1.84. The number of rotatable bonds is 6. The van der Waals surface area contributed by atoms with Crippen LogP contribution in [0.4, 0.5) is 4.79 Å². The van der Waals surface area contributed by atoms with E-state index in [2.05, 4.69) is 12.2 Å². The maximum Gasteiger partial charge on any atom is 0.348 e. The number of carbonyl (C=O) groups excluding carboxylic acids is 4. The quantitative estimate of drug-likeness (QED) is 0.738. The van der Waals surface area contributed by atoms with Crippen molar-refractivity contribution in [2.24, 2.45) is 5.92 Å². The van der Waals surface area contributed by atoms with Crippen LogP contribution in [0.25, 0.3) is 0 Å². The van der Waals surface area contributed by atoms with Gasteiger partial charge in [0.1, 0.15) is 4.88 Å². The van der Waals surface area contributed by atoms with Crippen molar-refractivity contribution in [3.05, 3.63) is 21.4 Å². The molecule has 0 aromatic carbocycles. The first-order valence-electron chi connectivity index (χ1n) is 8.46. The van der Waals surface area contributed by atoms with Crippen LogP contribution in [0.2, 0.25) is 0 Å². The average molecular weight is 396 g/mol. The molecule has 26 heavy (non-hydrogen) atoms. The predicted molar refractivity (Wildman–Crippen MR) is 98.4 cm³/mol. The fourth-order valence-electron chi connectivity index (χ4n) is 2.96. The van der Waals surface area contributed by atoms with Crippen LogP contribution in [0.1, 0.15) is 33.5 Å². The third-order valence-corrected chi connectivity index (χ3v) is 6.44. The first-order valence-corrected chi connectivity index (χ1v) is 10.3. The van der Waals surface area contributed by atoms with Crippen molar-refractivity contribution in [2.45, 2.75) is 26.2 Å². The van der Waals surface area contributed by atoms with Crippen LogP contribution in [-0.4, -0.2) is 53.4 Å². The Morgan fingerprint density at radius 3 is 2.92 bits per heavy atom. The lowest BCUT2D eigenvalue weighted by atomic mass is 9.90. The van der Waals surface area contributed by atoms with E-state index >= 15 is 0 Å². The highest BCUT2D eigenvalue weighted by atomic mass is 32.2. The Morgan fingerprint density at radius 2 is 2.19 bits per heavy atom. The largest absolute Gasteiger partial charge is 0.451 e. The number of esters is 1. The molecule has 0 saturated carbocycles. The summed E-state index contributed by atoms with van der Waals surface area (Å²) in [7, 11) is 0. The highest BCUT2D eigenvalue weighted by molar-refractivity contribution is 8.14. The lowest BCUT2D eigenvalue weighted by Gasteiger charge is -2.16. The second-order valence-corrected chi connectivity index (χ2v) is 8.50. The number of aryl methyl sites for hydroxylation is 1. The lowest BCUT2D eigenvalue weighted by molar-refractivity contribution is -0.126. The third kappa shape index (κ3) is 4.45. The fourth-order valence-corrected chi connectivity index (χ4v) is 4.82. The zero-order valence-corrected chi connectivity index (χ0v) is 16.0. The van der Waals surface area contributed by atoms with Gasteiger partial charge in [-0.15, -0.1) is 11.3 Å². The molecule has 140 valence electrons. The minimum absolute atomic E-state index is 0.125. The van der Waals surface area contributed by atoms with Crippen molar-refractivity contribution < 1.29 is 23.9 Å². The Hall–Kier alpha value is -1.87. The van der Waals surface area contributed by atoms with Gasteiger partial charge in [0.25, 0.3) is 11.1 Å². The van der Waals surface area contributed by atoms with Gasteiger partial charge in [-0.3, -0.25) is 19.3 Å². The number of carbonyl (C=O) groups is 4. The van der Waals surface area contributed by atoms with Gasteiger partial charge in [0, 0.05) is 18.0 Å². The molecular weight excluding hydrogens is 376 g/mol. The van der Waals surface area contributed by atoms with E-state index in [0.717, 1.165) is 35.9 Å². The van der Waals surface area contributed by atoms with Gasteiger partial charge in [0.15, 0.2) is 6.61 Å². The molecular formula is C17H20N2O5S2. The Kier molecular flexibility index (Phi) is 5.98. The summed E-state index contributed by atoms with van der Waals surface area (Å²) in [5.41, 5.74) is 1.21. The van der Waals surface area contributed by atoms with Crippen LogP contribution < -0.4 is 5.32 Å². The summed E-state index contributed by atoms with van der Waals surface area (Å²) < 4.78 is 5.07. The first kappa shape index (κ1) is 18.9. The Morgan fingerprint density at radius 1 is 1.38 bits per heavy atom. The maximum atomic E-state index is 12.1. The maximum absolute atomic E-state index is 12.1. The molecule has 2 heterocycles. The Balaban J connectivity index is 1.41. The van der Waals surface area contributed by atoms with Crippen molar-refractivity contribution in [1.82, 2.24) is 10.2 Å². The summed E-state index contributed by atoms with van der Waals surface area (Å²) in [5.74, 6) is -0.432. The van der Waals surface area contributed by atoms with E-state index in [0.29, 0.717) is 10.8 Å². The molecule has 2 aliphatic rings. The number of hydrogen-bond donors (Lipinski definition) is 1. The van der Waals surface area contributed by atoms with Crippen molar-refractivity contribution >= 4 is 46.1 Å². The molecule has 9 heteroatoms. The van der Waals surface area contributed by atoms with E-state index in [1.807, 2.05) is 6.07 Å². The van der Waals surface area contributed by atoms with E-state index in [-0.39, 0.29) is 36.6 Å². The fraction of sp³-hybridized carbons (Fsp3) is 0.529. The summed E-state index contributed by atoms with van der Waals surface area (Å²) in [6, 6.07) is 1.87. The van der Waals surface area contributed by atoms with Gasteiger partial charge in [-0.1, -0.05) is 18.7 Å². The first-order chi connectivity index (χ1) is 12.4. The summed E-state index contributed by atoms with van der Waals surface area (Å²) in [6.07, 6.45) is 3.10. The molecule has 1 aliphatic heterocycles.